The lowest BCUT2D eigenvalue weighted by atomic mass is 10.3. The van der Waals surface area contributed by atoms with Gasteiger partial charge in [0.05, 0.1) is 18.1 Å². The Labute approximate surface area is 112 Å². The van der Waals surface area contributed by atoms with Gasteiger partial charge in [-0.1, -0.05) is 6.92 Å². The molecular formula is C13H16O5S. The average molecular weight is 284 g/mol. The maximum atomic E-state index is 12.1. The van der Waals surface area contributed by atoms with Gasteiger partial charge < -0.3 is 9.47 Å². The molecule has 0 fully saturated rings. The molecule has 0 spiro atoms. The molecule has 0 saturated heterocycles. The van der Waals surface area contributed by atoms with Crippen LogP contribution in [0.15, 0.2) is 23.1 Å². The topological polar surface area (TPSA) is 69.7 Å². The number of ketones is 1. The van der Waals surface area contributed by atoms with E-state index in [4.69, 9.17) is 9.47 Å². The van der Waals surface area contributed by atoms with Crippen LogP contribution in [0.5, 0.6) is 11.5 Å². The highest BCUT2D eigenvalue weighted by Gasteiger charge is 2.21. The summed E-state index contributed by atoms with van der Waals surface area (Å²) in [6.45, 7) is 2.68. The SMILES string of the molecule is CCC(=O)CS(=O)(=O)c1ccc2c(c1)OCCCO2. The molecule has 1 aromatic carbocycles. The zero-order chi connectivity index (χ0) is 13.9. The van der Waals surface area contributed by atoms with Gasteiger partial charge in [-0.3, -0.25) is 4.79 Å². The van der Waals surface area contributed by atoms with Gasteiger partial charge >= 0.3 is 0 Å². The second-order valence-electron chi connectivity index (χ2n) is 4.31. The summed E-state index contributed by atoms with van der Waals surface area (Å²) in [7, 11) is -3.60. The number of carbonyl (C=O) groups is 1. The summed E-state index contributed by atoms with van der Waals surface area (Å²) in [5.74, 6) is 0.191. The molecule has 0 amide bonds. The van der Waals surface area contributed by atoms with Gasteiger partial charge in [0.15, 0.2) is 21.3 Å². The third-order valence-electron chi connectivity index (χ3n) is 2.82. The molecule has 1 heterocycles. The summed E-state index contributed by atoms with van der Waals surface area (Å²) in [4.78, 5) is 11.4. The van der Waals surface area contributed by atoms with Gasteiger partial charge in [-0.05, 0) is 12.1 Å². The zero-order valence-electron chi connectivity index (χ0n) is 10.7. The molecule has 19 heavy (non-hydrogen) atoms. The number of ether oxygens (including phenoxy) is 2. The van der Waals surface area contributed by atoms with Gasteiger partial charge in [0.1, 0.15) is 11.5 Å². The smallest absolute Gasteiger partial charge is 0.185 e. The van der Waals surface area contributed by atoms with Crippen molar-refractivity contribution in [3.8, 4) is 11.5 Å². The third kappa shape index (κ3) is 3.26. The number of rotatable bonds is 4. The number of fused-ring (bicyclic) bond motifs is 1. The highest BCUT2D eigenvalue weighted by atomic mass is 32.2. The van der Waals surface area contributed by atoms with E-state index in [1.807, 2.05) is 0 Å². The number of benzene rings is 1. The highest BCUT2D eigenvalue weighted by Crippen LogP contribution is 2.32. The molecule has 6 heteroatoms. The lowest BCUT2D eigenvalue weighted by Gasteiger charge is -2.09. The summed E-state index contributed by atoms with van der Waals surface area (Å²) in [6, 6.07) is 4.45. The van der Waals surface area contributed by atoms with Crippen LogP contribution in [0.1, 0.15) is 19.8 Å². The number of Topliss-reactive ketones (excluding diaryl/α,β-unsaturated/α-hetero) is 1. The fraction of sp³-hybridized carbons (Fsp3) is 0.462. The van der Waals surface area contributed by atoms with Gasteiger partial charge in [-0.2, -0.15) is 0 Å². The van der Waals surface area contributed by atoms with Gasteiger partial charge in [0.2, 0.25) is 0 Å². The van der Waals surface area contributed by atoms with Crippen molar-refractivity contribution in [3.63, 3.8) is 0 Å². The molecule has 104 valence electrons. The lowest BCUT2D eigenvalue weighted by Crippen LogP contribution is -2.15. The summed E-state index contributed by atoms with van der Waals surface area (Å²) in [5.41, 5.74) is 0. The van der Waals surface area contributed by atoms with Crippen molar-refractivity contribution in [1.29, 1.82) is 0 Å². The van der Waals surface area contributed by atoms with Crippen LogP contribution in [-0.4, -0.2) is 33.2 Å². The molecule has 5 nitrogen and oxygen atoms in total. The first-order valence-electron chi connectivity index (χ1n) is 6.17. The van der Waals surface area contributed by atoms with Crippen molar-refractivity contribution in [2.45, 2.75) is 24.7 Å². The normalized spacial score (nSPS) is 14.8. The first kappa shape index (κ1) is 13.9. The van der Waals surface area contributed by atoms with E-state index >= 15 is 0 Å². The van der Waals surface area contributed by atoms with Crippen LogP contribution in [0.2, 0.25) is 0 Å². The standard InChI is InChI=1S/C13H16O5S/c1-2-10(14)9-19(15,16)11-4-5-12-13(8-11)18-7-3-6-17-12/h4-5,8H,2-3,6-7,9H2,1H3. The lowest BCUT2D eigenvalue weighted by molar-refractivity contribution is -0.116. The molecule has 1 aromatic rings. The van der Waals surface area contributed by atoms with Crippen molar-refractivity contribution >= 4 is 15.6 Å². The van der Waals surface area contributed by atoms with Gasteiger partial charge in [0.25, 0.3) is 0 Å². The van der Waals surface area contributed by atoms with Gasteiger partial charge in [0, 0.05) is 18.9 Å². The van der Waals surface area contributed by atoms with E-state index in [1.54, 1.807) is 13.0 Å². The number of hydrogen-bond donors (Lipinski definition) is 0. The molecule has 1 aliphatic rings. The Hall–Kier alpha value is -1.56. The van der Waals surface area contributed by atoms with Crippen molar-refractivity contribution in [3.05, 3.63) is 18.2 Å². The average Bonchev–Trinajstić information content (AvgIpc) is 2.62. The van der Waals surface area contributed by atoms with Crippen LogP contribution in [0.4, 0.5) is 0 Å². The quantitative estimate of drug-likeness (QED) is 0.840. The van der Waals surface area contributed by atoms with E-state index in [9.17, 15) is 13.2 Å². The van der Waals surface area contributed by atoms with E-state index in [1.165, 1.54) is 12.1 Å². The minimum absolute atomic E-state index is 0.0959. The second kappa shape index (κ2) is 5.61. The number of carbonyl (C=O) groups excluding carboxylic acids is 1. The second-order valence-corrected chi connectivity index (χ2v) is 6.30. The van der Waals surface area contributed by atoms with Crippen molar-refractivity contribution in [2.24, 2.45) is 0 Å². The Morgan fingerprint density at radius 3 is 2.58 bits per heavy atom. The van der Waals surface area contributed by atoms with E-state index in [0.29, 0.717) is 24.7 Å². The Kier molecular flexibility index (Phi) is 4.09. The summed E-state index contributed by atoms with van der Waals surface area (Å²) in [6.07, 6.45) is 0.967. The van der Waals surface area contributed by atoms with Crippen LogP contribution in [0.3, 0.4) is 0 Å². The summed E-state index contributed by atoms with van der Waals surface area (Å²) < 4.78 is 35.0. The Morgan fingerprint density at radius 2 is 1.89 bits per heavy atom. The summed E-state index contributed by atoms with van der Waals surface area (Å²) in [5, 5.41) is 0. The van der Waals surface area contributed by atoms with Crippen molar-refractivity contribution < 1.29 is 22.7 Å². The maximum absolute atomic E-state index is 12.1. The molecule has 1 aliphatic heterocycles. The van der Waals surface area contributed by atoms with E-state index in [-0.39, 0.29) is 17.1 Å². The molecule has 0 atom stereocenters. The van der Waals surface area contributed by atoms with Gasteiger partial charge in [-0.15, -0.1) is 0 Å². The molecule has 0 radical (unpaired) electrons. The predicted molar refractivity (Wildman–Crippen MR) is 69.4 cm³/mol. The zero-order valence-corrected chi connectivity index (χ0v) is 11.5. The molecule has 0 aliphatic carbocycles. The minimum atomic E-state index is -3.60. The maximum Gasteiger partial charge on any atom is 0.185 e. The number of sulfone groups is 1. The third-order valence-corrected chi connectivity index (χ3v) is 4.50. The van der Waals surface area contributed by atoms with Crippen molar-refractivity contribution in [2.75, 3.05) is 19.0 Å². The first-order valence-corrected chi connectivity index (χ1v) is 7.82. The van der Waals surface area contributed by atoms with Crippen LogP contribution in [0, 0.1) is 0 Å². The molecular weight excluding hydrogens is 268 g/mol. The number of hydrogen-bond acceptors (Lipinski definition) is 5. The molecule has 0 saturated carbocycles. The first-order chi connectivity index (χ1) is 9.03. The largest absolute Gasteiger partial charge is 0.490 e. The summed E-state index contributed by atoms with van der Waals surface area (Å²) >= 11 is 0. The fourth-order valence-electron chi connectivity index (χ4n) is 1.73. The molecule has 0 aromatic heterocycles. The molecule has 0 unspecified atom stereocenters. The predicted octanol–water partition coefficient (Wildman–Crippen LogP) is 1.60. The molecule has 0 bridgehead atoms. The van der Waals surface area contributed by atoms with E-state index < -0.39 is 15.6 Å². The van der Waals surface area contributed by atoms with E-state index in [2.05, 4.69) is 0 Å². The van der Waals surface area contributed by atoms with E-state index in [0.717, 1.165) is 6.42 Å². The van der Waals surface area contributed by atoms with Crippen LogP contribution < -0.4 is 9.47 Å². The minimum Gasteiger partial charge on any atom is -0.490 e. The van der Waals surface area contributed by atoms with Crippen LogP contribution in [0.25, 0.3) is 0 Å². The monoisotopic (exact) mass is 284 g/mol. The Bertz CT molecular complexity index is 577. The molecule has 0 N–H and O–H groups in total. The fourth-order valence-corrected chi connectivity index (χ4v) is 3.09. The highest BCUT2D eigenvalue weighted by molar-refractivity contribution is 7.92. The van der Waals surface area contributed by atoms with Crippen LogP contribution >= 0.6 is 0 Å². The Morgan fingerprint density at radius 1 is 1.21 bits per heavy atom. The van der Waals surface area contributed by atoms with Gasteiger partial charge in [-0.25, -0.2) is 8.42 Å². The Balaban J connectivity index is 2.31. The van der Waals surface area contributed by atoms with Crippen LogP contribution in [-0.2, 0) is 14.6 Å². The van der Waals surface area contributed by atoms with Crippen molar-refractivity contribution in [1.82, 2.24) is 0 Å². The molecule has 2 rings (SSSR count).